The predicted molar refractivity (Wildman–Crippen MR) is 90.8 cm³/mol. The number of carboxylic acids is 1. The second kappa shape index (κ2) is 7.34. The first-order valence-electron chi connectivity index (χ1n) is 8.15. The maximum atomic E-state index is 11.8. The van der Waals surface area contributed by atoms with Gasteiger partial charge in [-0.2, -0.15) is 0 Å². The van der Waals surface area contributed by atoms with Crippen LogP contribution in [0.5, 0.6) is 23.0 Å². The van der Waals surface area contributed by atoms with Gasteiger partial charge < -0.3 is 24.4 Å². The number of hydrogen-bond donors (Lipinski definition) is 2. The van der Waals surface area contributed by atoms with Crippen molar-refractivity contribution in [2.45, 2.75) is 19.3 Å². The average molecular weight is 344 g/mol. The van der Waals surface area contributed by atoms with Crippen LogP contribution in [0.1, 0.15) is 24.0 Å². The number of ether oxygens (including phenoxy) is 3. The van der Waals surface area contributed by atoms with Crippen LogP contribution >= 0.6 is 0 Å². The number of hydrogen-bond acceptors (Lipinski definition) is 5. The van der Waals surface area contributed by atoms with Crippen LogP contribution in [-0.2, 0) is 11.2 Å². The van der Waals surface area contributed by atoms with Gasteiger partial charge in [0.05, 0.1) is 12.5 Å². The maximum Gasteiger partial charge on any atom is 0.311 e. The molecule has 3 rings (SSSR count). The number of phenols is 1. The number of phenolic OH excluding ortho intramolecular Hbond substituents is 1. The molecule has 1 atom stereocenters. The highest BCUT2D eigenvalue weighted by atomic mass is 16.6. The Hall–Kier alpha value is -2.89. The van der Waals surface area contributed by atoms with Crippen molar-refractivity contribution in [3.05, 3.63) is 47.5 Å². The van der Waals surface area contributed by atoms with Crippen LogP contribution in [0.4, 0.5) is 0 Å². The lowest BCUT2D eigenvalue weighted by Gasteiger charge is -2.21. The number of fused-ring (bicyclic) bond motifs is 1. The van der Waals surface area contributed by atoms with E-state index in [1.807, 2.05) is 6.92 Å². The molecule has 0 aliphatic carbocycles. The molecule has 6 nitrogen and oxygen atoms in total. The summed E-state index contributed by atoms with van der Waals surface area (Å²) in [4.78, 5) is 11.8. The second-order valence-electron chi connectivity index (χ2n) is 5.73. The Morgan fingerprint density at radius 1 is 1.16 bits per heavy atom. The van der Waals surface area contributed by atoms with E-state index in [-0.39, 0.29) is 12.2 Å². The molecule has 0 bridgehead atoms. The summed E-state index contributed by atoms with van der Waals surface area (Å²) >= 11 is 0. The van der Waals surface area contributed by atoms with Gasteiger partial charge in [-0.1, -0.05) is 12.1 Å². The number of aromatic hydroxyl groups is 1. The molecule has 6 heteroatoms. The minimum atomic E-state index is -0.928. The van der Waals surface area contributed by atoms with Crippen molar-refractivity contribution >= 4 is 5.97 Å². The Labute approximate surface area is 145 Å². The van der Waals surface area contributed by atoms with Gasteiger partial charge in [0.2, 0.25) is 0 Å². The summed E-state index contributed by atoms with van der Waals surface area (Å²) in [5, 5.41) is 19.5. The summed E-state index contributed by atoms with van der Waals surface area (Å²) in [5.74, 6) is -0.0845. The fourth-order valence-corrected chi connectivity index (χ4v) is 2.82. The minimum absolute atomic E-state index is 0.0387. The van der Waals surface area contributed by atoms with E-state index in [2.05, 4.69) is 0 Å². The van der Waals surface area contributed by atoms with E-state index >= 15 is 0 Å². The third-order valence-corrected chi connectivity index (χ3v) is 4.03. The Morgan fingerprint density at radius 2 is 1.92 bits per heavy atom. The molecular weight excluding hydrogens is 324 g/mol. The maximum absolute atomic E-state index is 11.8. The molecule has 1 aliphatic heterocycles. The molecule has 132 valence electrons. The molecule has 0 spiro atoms. The lowest BCUT2D eigenvalue weighted by Crippen LogP contribution is -2.18. The summed E-state index contributed by atoms with van der Waals surface area (Å²) < 4.78 is 16.4. The Balaban J connectivity index is 1.87. The van der Waals surface area contributed by atoms with Crippen LogP contribution < -0.4 is 14.2 Å². The van der Waals surface area contributed by atoms with Crippen molar-refractivity contribution in [3.8, 4) is 23.0 Å². The largest absolute Gasteiger partial charge is 0.504 e. The highest BCUT2D eigenvalue weighted by Gasteiger charge is 2.23. The van der Waals surface area contributed by atoms with E-state index in [9.17, 15) is 15.0 Å². The molecule has 25 heavy (non-hydrogen) atoms. The fraction of sp³-hybridized carbons (Fsp3) is 0.316. The normalized spacial score (nSPS) is 14.0. The van der Waals surface area contributed by atoms with E-state index in [0.29, 0.717) is 42.6 Å². The van der Waals surface area contributed by atoms with Crippen molar-refractivity contribution in [1.29, 1.82) is 0 Å². The van der Waals surface area contributed by atoms with E-state index < -0.39 is 11.9 Å². The molecule has 1 heterocycles. The van der Waals surface area contributed by atoms with Gasteiger partial charge in [0.25, 0.3) is 0 Å². The first kappa shape index (κ1) is 17.0. The Morgan fingerprint density at radius 3 is 2.64 bits per heavy atom. The van der Waals surface area contributed by atoms with Gasteiger partial charge in [0.15, 0.2) is 23.0 Å². The lowest BCUT2D eigenvalue weighted by atomic mass is 9.91. The van der Waals surface area contributed by atoms with Crippen molar-refractivity contribution < 1.29 is 29.2 Å². The molecular formula is C19H20O6. The van der Waals surface area contributed by atoms with Crippen molar-refractivity contribution in [3.63, 3.8) is 0 Å². The highest BCUT2D eigenvalue weighted by molar-refractivity contribution is 5.77. The molecule has 0 fully saturated rings. The van der Waals surface area contributed by atoms with Crippen molar-refractivity contribution in [2.24, 2.45) is 0 Å². The van der Waals surface area contributed by atoms with Gasteiger partial charge in [0.1, 0.15) is 13.2 Å². The van der Waals surface area contributed by atoms with Gasteiger partial charge >= 0.3 is 5.97 Å². The zero-order valence-electron chi connectivity index (χ0n) is 13.9. The lowest BCUT2D eigenvalue weighted by molar-refractivity contribution is -0.138. The summed E-state index contributed by atoms with van der Waals surface area (Å²) in [5.41, 5.74) is 1.41. The molecule has 2 aromatic carbocycles. The van der Waals surface area contributed by atoms with E-state index in [0.717, 1.165) is 5.56 Å². The number of carbonyl (C=O) groups is 1. The highest BCUT2D eigenvalue weighted by Crippen LogP contribution is 2.35. The Kier molecular flexibility index (Phi) is 4.97. The van der Waals surface area contributed by atoms with Crippen LogP contribution in [0.15, 0.2) is 36.4 Å². The SMILES string of the molecule is CCOc1cc(CC(C(=O)O)c2ccc3c(c2)OCCO3)ccc1O. The third-order valence-electron chi connectivity index (χ3n) is 4.03. The van der Waals surface area contributed by atoms with Gasteiger partial charge in [-0.15, -0.1) is 0 Å². The zero-order chi connectivity index (χ0) is 17.8. The van der Waals surface area contributed by atoms with Gasteiger partial charge in [-0.3, -0.25) is 4.79 Å². The van der Waals surface area contributed by atoms with Crippen LogP contribution in [-0.4, -0.2) is 36.0 Å². The fourth-order valence-electron chi connectivity index (χ4n) is 2.82. The molecule has 0 amide bonds. The Bertz CT molecular complexity index is 771. The monoisotopic (exact) mass is 344 g/mol. The first-order chi connectivity index (χ1) is 12.1. The number of rotatable bonds is 6. The van der Waals surface area contributed by atoms with E-state index in [1.165, 1.54) is 6.07 Å². The van der Waals surface area contributed by atoms with Gasteiger partial charge in [-0.05, 0) is 48.7 Å². The van der Waals surface area contributed by atoms with Crippen LogP contribution in [0.2, 0.25) is 0 Å². The van der Waals surface area contributed by atoms with Crippen LogP contribution in [0, 0.1) is 0 Å². The molecule has 1 unspecified atom stereocenters. The quantitative estimate of drug-likeness (QED) is 0.838. The number of carboxylic acid groups (broad SMARTS) is 1. The van der Waals surface area contributed by atoms with Gasteiger partial charge in [-0.25, -0.2) is 0 Å². The molecule has 0 aromatic heterocycles. The van der Waals surface area contributed by atoms with Crippen molar-refractivity contribution in [2.75, 3.05) is 19.8 Å². The number of aliphatic carboxylic acids is 1. The second-order valence-corrected chi connectivity index (χ2v) is 5.73. The zero-order valence-corrected chi connectivity index (χ0v) is 13.9. The van der Waals surface area contributed by atoms with Crippen LogP contribution in [0.25, 0.3) is 0 Å². The standard InChI is InChI=1S/C19H20O6/c1-2-23-17-10-12(3-5-15(17)20)9-14(19(21)22)13-4-6-16-18(11-13)25-8-7-24-16/h3-6,10-11,14,20H,2,7-9H2,1H3,(H,21,22). The summed E-state index contributed by atoms with van der Waals surface area (Å²) in [6.45, 7) is 3.18. The third kappa shape index (κ3) is 3.79. The molecule has 2 N–H and O–H groups in total. The smallest absolute Gasteiger partial charge is 0.311 e. The molecule has 0 radical (unpaired) electrons. The molecule has 0 saturated heterocycles. The summed E-state index contributed by atoms with van der Waals surface area (Å²) in [7, 11) is 0. The average Bonchev–Trinajstić information content (AvgIpc) is 2.62. The summed E-state index contributed by atoms with van der Waals surface area (Å²) in [6.07, 6.45) is 0.273. The molecule has 0 saturated carbocycles. The van der Waals surface area contributed by atoms with E-state index in [4.69, 9.17) is 14.2 Å². The van der Waals surface area contributed by atoms with E-state index in [1.54, 1.807) is 30.3 Å². The topological polar surface area (TPSA) is 85.2 Å². The molecule has 1 aliphatic rings. The molecule has 2 aromatic rings. The first-order valence-corrected chi connectivity index (χ1v) is 8.15. The predicted octanol–water partition coefficient (Wildman–Crippen LogP) is 2.97. The van der Waals surface area contributed by atoms with Crippen LogP contribution in [0.3, 0.4) is 0 Å². The van der Waals surface area contributed by atoms with Gasteiger partial charge in [0, 0.05) is 0 Å². The summed E-state index contributed by atoms with van der Waals surface area (Å²) in [6, 6.07) is 10.1. The van der Waals surface area contributed by atoms with Crippen molar-refractivity contribution in [1.82, 2.24) is 0 Å². The number of benzene rings is 2. The minimum Gasteiger partial charge on any atom is -0.504 e.